The van der Waals surface area contributed by atoms with E-state index in [0.717, 1.165) is 6.42 Å². The number of allylic oxidation sites excluding steroid dienone is 2. The van der Waals surface area contributed by atoms with Gasteiger partial charge in [0.2, 0.25) is 0 Å². The Morgan fingerprint density at radius 3 is 2.05 bits per heavy atom. The van der Waals surface area contributed by atoms with E-state index in [1.807, 2.05) is 0 Å². The van der Waals surface area contributed by atoms with Crippen LogP contribution in [0.3, 0.4) is 0 Å². The van der Waals surface area contributed by atoms with Gasteiger partial charge < -0.3 is 0 Å². The van der Waals surface area contributed by atoms with E-state index in [4.69, 9.17) is 0 Å². The first-order chi connectivity index (χ1) is 8.80. The molecule has 0 spiro atoms. The van der Waals surface area contributed by atoms with Gasteiger partial charge in [0.05, 0.1) is 0 Å². The molecule has 4 aliphatic rings. The van der Waals surface area contributed by atoms with Crippen LogP contribution < -0.4 is 0 Å². The van der Waals surface area contributed by atoms with Crippen molar-refractivity contribution in [1.82, 2.24) is 0 Å². The van der Waals surface area contributed by atoms with Gasteiger partial charge in [-0.2, -0.15) is 22.0 Å². The summed E-state index contributed by atoms with van der Waals surface area (Å²) in [5.41, 5.74) is 0. The first kappa shape index (κ1) is 12.2. The molecule has 0 aromatic heterocycles. The second-order valence-electron chi connectivity index (χ2n) is 6.73. The molecule has 0 N–H and O–H groups in total. The quantitative estimate of drug-likeness (QED) is 0.381. The monoisotopic (exact) mass is 278 g/mol. The van der Waals surface area contributed by atoms with Crippen molar-refractivity contribution in [2.75, 3.05) is 0 Å². The van der Waals surface area contributed by atoms with Crippen LogP contribution in [-0.4, -0.2) is 12.1 Å². The van der Waals surface area contributed by atoms with Crippen molar-refractivity contribution in [3.63, 3.8) is 0 Å². The van der Waals surface area contributed by atoms with Gasteiger partial charge in [0.25, 0.3) is 0 Å². The first-order valence-electron chi connectivity index (χ1n) is 6.93. The van der Waals surface area contributed by atoms with Crippen LogP contribution in [0.15, 0.2) is 12.2 Å². The van der Waals surface area contributed by atoms with Crippen molar-refractivity contribution in [1.29, 1.82) is 0 Å². The maximum absolute atomic E-state index is 13.6. The summed E-state index contributed by atoms with van der Waals surface area (Å²) >= 11 is 0. The predicted molar refractivity (Wildman–Crippen MR) is 58.4 cm³/mol. The molecular formula is C14H15F5. The zero-order valence-electron chi connectivity index (χ0n) is 10.2. The van der Waals surface area contributed by atoms with Crippen molar-refractivity contribution in [3.05, 3.63) is 12.2 Å². The number of hydrogen-bond acceptors (Lipinski definition) is 0. The van der Waals surface area contributed by atoms with Gasteiger partial charge in [-0.3, -0.25) is 0 Å². The maximum Gasteiger partial charge on any atom is 0.453 e. The summed E-state index contributed by atoms with van der Waals surface area (Å²) in [6, 6.07) is 0. The van der Waals surface area contributed by atoms with E-state index >= 15 is 0 Å². The third-order valence-corrected chi connectivity index (χ3v) is 6.11. The van der Waals surface area contributed by atoms with Crippen LogP contribution in [0.25, 0.3) is 0 Å². The average molecular weight is 278 g/mol. The fourth-order valence-electron chi connectivity index (χ4n) is 5.64. The highest BCUT2D eigenvalue weighted by atomic mass is 19.4. The molecule has 0 nitrogen and oxygen atoms in total. The molecule has 0 aromatic carbocycles. The SMILES string of the molecule is FC(F)(F)C(F)(F)C1CC2CC1C1C3C=CC(C3)C21. The topological polar surface area (TPSA) is 0 Å². The lowest BCUT2D eigenvalue weighted by Gasteiger charge is -2.40. The highest BCUT2D eigenvalue weighted by Gasteiger charge is 2.71. The lowest BCUT2D eigenvalue weighted by Crippen LogP contribution is -2.48. The van der Waals surface area contributed by atoms with Crippen LogP contribution in [0.4, 0.5) is 22.0 Å². The minimum atomic E-state index is -5.40. The van der Waals surface area contributed by atoms with Gasteiger partial charge in [-0.25, -0.2) is 0 Å². The Balaban J connectivity index is 1.65. The van der Waals surface area contributed by atoms with Gasteiger partial charge in [0, 0.05) is 5.92 Å². The van der Waals surface area contributed by atoms with E-state index in [9.17, 15) is 22.0 Å². The molecule has 4 rings (SSSR count). The summed E-state index contributed by atoms with van der Waals surface area (Å²) < 4.78 is 65.0. The third-order valence-electron chi connectivity index (χ3n) is 6.11. The summed E-state index contributed by atoms with van der Waals surface area (Å²) in [5, 5.41) is 0. The van der Waals surface area contributed by atoms with Crippen LogP contribution in [0, 0.1) is 41.4 Å². The molecule has 3 fully saturated rings. The van der Waals surface area contributed by atoms with E-state index in [2.05, 4.69) is 12.2 Å². The minimum Gasteiger partial charge on any atom is -0.196 e. The van der Waals surface area contributed by atoms with E-state index in [1.165, 1.54) is 0 Å². The highest BCUT2D eigenvalue weighted by Crippen LogP contribution is 2.69. The van der Waals surface area contributed by atoms with Crippen molar-refractivity contribution in [3.8, 4) is 0 Å². The van der Waals surface area contributed by atoms with E-state index in [1.54, 1.807) is 0 Å². The smallest absolute Gasteiger partial charge is 0.196 e. The van der Waals surface area contributed by atoms with Gasteiger partial charge in [-0.05, 0) is 54.8 Å². The number of hydrogen-bond donors (Lipinski definition) is 0. The van der Waals surface area contributed by atoms with Gasteiger partial charge in [0.1, 0.15) is 0 Å². The number of halogens is 5. The van der Waals surface area contributed by atoms with Gasteiger partial charge >= 0.3 is 12.1 Å². The molecule has 106 valence electrons. The molecule has 0 heterocycles. The normalized spacial score (nSPS) is 51.1. The predicted octanol–water partition coefficient (Wildman–Crippen LogP) is 4.28. The second-order valence-corrected chi connectivity index (χ2v) is 6.73. The second kappa shape index (κ2) is 3.34. The third kappa shape index (κ3) is 1.34. The Morgan fingerprint density at radius 1 is 0.789 bits per heavy atom. The van der Waals surface area contributed by atoms with Crippen LogP contribution in [0.5, 0.6) is 0 Å². The highest BCUT2D eigenvalue weighted by molar-refractivity contribution is 5.21. The lowest BCUT2D eigenvalue weighted by atomic mass is 9.68. The molecule has 0 radical (unpaired) electrons. The summed E-state index contributed by atoms with van der Waals surface area (Å²) in [4.78, 5) is 0. The summed E-state index contributed by atoms with van der Waals surface area (Å²) in [7, 11) is 0. The van der Waals surface area contributed by atoms with Gasteiger partial charge in [-0.15, -0.1) is 0 Å². The molecule has 19 heavy (non-hydrogen) atoms. The van der Waals surface area contributed by atoms with Crippen molar-refractivity contribution >= 4 is 0 Å². The van der Waals surface area contributed by atoms with Crippen molar-refractivity contribution in [2.45, 2.75) is 31.4 Å². The Labute approximate surface area is 108 Å². The Hall–Kier alpha value is -0.610. The molecule has 0 amide bonds. The number of rotatable bonds is 1. The molecule has 4 bridgehead atoms. The summed E-state index contributed by atoms with van der Waals surface area (Å²) in [6.07, 6.45) is 0.437. The van der Waals surface area contributed by atoms with E-state index < -0.39 is 23.9 Å². The van der Waals surface area contributed by atoms with Crippen LogP contribution in [-0.2, 0) is 0 Å². The molecule has 5 heteroatoms. The number of alkyl halides is 5. The molecule has 3 saturated carbocycles. The molecule has 7 atom stereocenters. The fraction of sp³-hybridized carbons (Fsp3) is 0.857. The Kier molecular flexibility index (Phi) is 2.14. The lowest BCUT2D eigenvalue weighted by molar-refractivity contribution is -0.310. The van der Waals surface area contributed by atoms with Gasteiger partial charge in [0.15, 0.2) is 0 Å². The molecule has 0 aromatic rings. The largest absolute Gasteiger partial charge is 0.453 e. The maximum atomic E-state index is 13.6. The van der Waals surface area contributed by atoms with E-state index in [0.29, 0.717) is 18.3 Å². The Morgan fingerprint density at radius 2 is 1.42 bits per heavy atom. The van der Waals surface area contributed by atoms with Crippen LogP contribution in [0.2, 0.25) is 0 Å². The minimum absolute atomic E-state index is 0.0649. The zero-order valence-corrected chi connectivity index (χ0v) is 10.2. The fourth-order valence-corrected chi connectivity index (χ4v) is 5.64. The molecule has 0 aliphatic heterocycles. The van der Waals surface area contributed by atoms with Crippen LogP contribution in [0.1, 0.15) is 19.3 Å². The van der Waals surface area contributed by atoms with Crippen molar-refractivity contribution < 1.29 is 22.0 Å². The molecular weight excluding hydrogens is 263 g/mol. The van der Waals surface area contributed by atoms with Gasteiger partial charge in [-0.1, -0.05) is 12.2 Å². The zero-order chi connectivity index (χ0) is 13.6. The standard InChI is InChI=1S/C14H15F5/c15-13(16,14(17,18)19)10-5-8-4-9(10)12-7-2-1-6(3-7)11(8)12/h1-2,6-12H,3-5H2. The van der Waals surface area contributed by atoms with E-state index in [-0.39, 0.29) is 24.2 Å². The van der Waals surface area contributed by atoms with Crippen LogP contribution >= 0.6 is 0 Å². The molecule has 7 unspecified atom stereocenters. The number of fused-ring (bicyclic) bond motifs is 9. The first-order valence-corrected chi connectivity index (χ1v) is 6.93. The Bertz CT molecular complexity index is 438. The summed E-state index contributed by atoms with van der Waals surface area (Å²) in [6.45, 7) is 0. The van der Waals surface area contributed by atoms with Crippen molar-refractivity contribution in [2.24, 2.45) is 41.4 Å². The molecule has 4 aliphatic carbocycles. The summed E-state index contributed by atoms with van der Waals surface area (Å²) in [5.74, 6) is -5.14. The average Bonchev–Trinajstić information content (AvgIpc) is 3.05. The molecule has 0 saturated heterocycles.